The second kappa shape index (κ2) is 4.73. The number of hydrogen-bond acceptors (Lipinski definition) is 1. The minimum atomic E-state index is 0.913. The van der Waals surface area contributed by atoms with Gasteiger partial charge in [0.2, 0.25) is 0 Å². The minimum absolute atomic E-state index is 0.913. The Kier molecular flexibility index (Phi) is 3.33. The van der Waals surface area contributed by atoms with Crippen molar-refractivity contribution in [2.75, 3.05) is 0 Å². The number of allylic oxidation sites excluding steroid dienone is 3. The molecule has 0 unspecified atom stereocenters. The van der Waals surface area contributed by atoms with Crippen molar-refractivity contribution in [3.05, 3.63) is 47.0 Å². The summed E-state index contributed by atoms with van der Waals surface area (Å²) in [4.78, 5) is 0. The quantitative estimate of drug-likeness (QED) is 0.587. The largest absolute Gasteiger partial charge is 0.468 e. The van der Waals surface area contributed by atoms with Crippen molar-refractivity contribution in [2.24, 2.45) is 0 Å². The van der Waals surface area contributed by atoms with Crippen LogP contribution >= 0.6 is 0 Å². The second-order valence-corrected chi connectivity index (χ2v) is 4.86. The van der Waals surface area contributed by atoms with E-state index >= 15 is 0 Å². The van der Waals surface area contributed by atoms with Crippen LogP contribution in [0, 0.1) is 6.92 Å². The van der Waals surface area contributed by atoms with Crippen molar-refractivity contribution in [3.8, 4) is 0 Å². The second-order valence-electron chi connectivity index (χ2n) is 4.86. The molecule has 0 N–H and O–H groups in total. The van der Waals surface area contributed by atoms with Crippen molar-refractivity contribution in [2.45, 2.75) is 46.0 Å². The van der Waals surface area contributed by atoms with E-state index in [9.17, 15) is 0 Å². The molecular weight excluding hydrogens is 196 g/mol. The Morgan fingerprint density at radius 2 is 2.06 bits per heavy atom. The first kappa shape index (κ1) is 11.3. The molecule has 1 nitrogen and oxygen atoms in total. The van der Waals surface area contributed by atoms with Gasteiger partial charge in [-0.05, 0) is 45.1 Å². The average molecular weight is 216 g/mol. The van der Waals surface area contributed by atoms with Crippen molar-refractivity contribution in [1.29, 1.82) is 0 Å². The van der Waals surface area contributed by atoms with Gasteiger partial charge in [-0.1, -0.05) is 23.8 Å². The molecule has 1 heteroatoms. The SMILES string of the molecule is C=C1CCC/C(C)=C/Cc2c(C)coc2C1. The van der Waals surface area contributed by atoms with Crippen LogP contribution in [0.3, 0.4) is 0 Å². The van der Waals surface area contributed by atoms with Gasteiger partial charge >= 0.3 is 0 Å². The predicted octanol–water partition coefficient (Wildman–Crippen LogP) is 4.36. The molecule has 16 heavy (non-hydrogen) atoms. The molecule has 1 aliphatic rings. The van der Waals surface area contributed by atoms with E-state index in [1.165, 1.54) is 35.1 Å². The summed E-state index contributed by atoms with van der Waals surface area (Å²) in [5, 5.41) is 0. The smallest absolute Gasteiger partial charge is 0.111 e. The fourth-order valence-electron chi connectivity index (χ4n) is 2.26. The van der Waals surface area contributed by atoms with Crippen LogP contribution in [0.1, 0.15) is 43.1 Å². The van der Waals surface area contributed by atoms with Gasteiger partial charge < -0.3 is 4.42 Å². The highest BCUT2D eigenvalue weighted by Gasteiger charge is 2.12. The fourth-order valence-corrected chi connectivity index (χ4v) is 2.26. The van der Waals surface area contributed by atoms with Crippen LogP contribution < -0.4 is 0 Å². The van der Waals surface area contributed by atoms with Crippen LogP contribution in [0.2, 0.25) is 0 Å². The van der Waals surface area contributed by atoms with Crippen LogP contribution in [0.25, 0.3) is 0 Å². The molecule has 2 rings (SSSR count). The zero-order chi connectivity index (χ0) is 11.5. The normalized spacial score (nSPS) is 21.1. The van der Waals surface area contributed by atoms with E-state index in [1.54, 1.807) is 0 Å². The third kappa shape index (κ3) is 2.46. The summed E-state index contributed by atoms with van der Waals surface area (Å²) in [5.74, 6) is 1.12. The lowest BCUT2D eigenvalue weighted by Crippen LogP contribution is -1.96. The highest BCUT2D eigenvalue weighted by atomic mass is 16.3. The summed E-state index contributed by atoms with van der Waals surface area (Å²) in [6, 6.07) is 0. The molecule has 0 spiro atoms. The van der Waals surface area contributed by atoms with E-state index in [0.717, 1.165) is 25.0 Å². The van der Waals surface area contributed by atoms with Crippen molar-refractivity contribution < 1.29 is 4.42 Å². The molecule has 1 heterocycles. The summed E-state index contributed by atoms with van der Waals surface area (Å²) < 4.78 is 5.63. The molecule has 86 valence electrons. The van der Waals surface area contributed by atoms with Crippen molar-refractivity contribution >= 4 is 0 Å². The number of fused-ring (bicyclic) bond motifs is 1. The van der Waals surface area contributed by atoms with Crippen LogP contribution in [-0.2, 0) is 12.8 Å². The van der Waals surface area contributed by atoms with E-state index < -0.39 is 0 Å². The third-order valence-electron chi connectivity index (χ3n) is 3.36. The van der Waals surface area contributed by atoms with Gasteiger partial charge in [0.15, 0.2) is 0 Å². The lowest BCUT2D eigenvalue weighted by molar-refractivity contribution is 0.511. The van der Waals surface area contributed by atoms with Crippen molar-refractivity contribution in [3.63, 3.8) is 0 Å². The Morgan fingerprint density at radius 3 is 2.88 bits per heavy atom. The van der Waals surface area contributed by atoms with Gasteiger partial charge in [-0.25, -0.2) is 0 Å². The molecule has 0 aromatic carbocycles. The van der Waals surface area contributed by atoms with Gasteiger partial charge in [0, 0.05) is 12.0 Å². The summed E-state index contributed by atoms with van der Waals surface area (Å²) in [5.41, 5.74) is 5.42. The van der Waals surface area contributed by atoms with Gasteiger partial charge in [-0.2, -0.15) is 0 Å². The standard InChI is InChI=1S/C15H20O/c1-11-5-4-6-12(2)9-15-14(8-7-11)13(3)10-16-15/h7,10H,2,4-6,8-9H2,1,3H3/b11-7+. The number of furan rings is 1. The molecule has 0 aliphatic heterocycles. The Balaban J connectivity index is 2.31. The third-order valence-corrected chi connectivity index (χ3v) is 3.36. The molecule has 0 radical (unpaired) electrons. The van der Waals surface area contributed by atoms with Crippen molar-refractivity contribution in [1.82, 2.24) is 0 Å². The molecule has 0 amide bonds. The monoisotopic (exact) mass is 216 g/mol. The van der Waals surface area contributed by atoms with Crippen LogP contribution in [-0.4, -0.2) is 0 Å². The predicted molar refractivity (Wildman–Crippen MR) is 67.6 cm³/mol. The summed E-state index contributed by atoms with van der Waals surface area (Å²) in [7, 11) is 0. The molecule has 0 saturated heterocycles. The van der Waals surface area contributed by atoms with Crippen LogP contribution in [0.15, 0.2) is 34.5 Å². The molecule has 1 aliphatic carbocycles. The molecule has 0 fully saturated rings. The van der Waals surface area contributed by atoms with E-state index in [2.05, 4.69) is 26.5 Å². The van der Waals surface area contributed by atoms with Crippen LogP contribution in [0.5, 0.6) is 0 Å². The molecule has 0 atom stereocenters. The van der Waals surface area contributed by atoms with E-state index in [4.69, 9.17) is 4.42 Å². The zero-order valence-corrected chi connectivity index (χ0v) is 10.3. The maximum Gasteiger partial charge on any atom is 0.111 e. The lowest BCUT2D eigenvalue weighted by Gasteiger charge is -2.09. The first-order chi connectivity index (χ1) is 7.66. The molecule has 0 bridgehead atoms. The van der Waals surface area contributed by atoms with Gasteiger partial charge in [0.25, 0.3) is 0 Å². The Morgan fingerprint density at radius 1 is 1.25 bits per heavy atom. The lowest BCUT2D eigenvalue weighted by atomic mass is 9.96. The minimum Gasteiger partial charge on any atom is -0.468 e. The van der Waals surface area contributed by atoms with Gasteiger partial charge in [0.1, 0.15) is 5.76 Å². The molecular formula is C15H20O. The number of aryl methyl sites for hydroxylation is 1. The van der Waals surface area contributed by atoms with Crippen LogP contribution in [0.4, 0.5) is 0 Å². The average Bonchev–Trinajstić information content (AvgIpc) is 2.57. The molecule has 0 saturated carbocycles. The Labute approximate surface area is 97.9 Å². The maximum atomic E-state index is 5.63. The summed E-state index contributed by atoms with van der Waals surface area (Å²) >= 11 is 0. The zero-order valence-electron chi connectivity index (χ0n) is 10.3. The maximum absolute atomic E-state index is 5.63. The summed E-state index contributed by atoms with van der Waals surface area (Å²) in [6.07, 6.45) is 9.67. The highest BCUT2D eigenvalue weighted by Crippen LogP contribution is 2.24. The first-order valence-electron chi connectivity index (χ1n) is 6.05. The topological polar surface area (TPSA) is 13.1 Å². The van der Waals surface area contributed by atoms with Gasteiger partial charge in [0.05, 0.1) is 6.26 Å². The molecule has 1 aromatic heterocycles. The van der Waals surface area contributed by atoms with E-state index in [1.807, 2.05) is 6.26 Å². The van der Waals surface area contributed by atoms with E-state index in [0.29, 0.717) is 0 Å². The fraction of sp³-hybridized carbons (Fsp3) is 0.467. The number of rotatable bonds is 0. The van der Waals surface area contributed by atoms with E-state index in [-0.39, 0.29) is 0 Å². The Hall–Kier alpha value is -1.24. The molecule has 1 aromatic rings. The highest BCUT2D eigenvalue weighted by molar-refractivity contribution is 5.32. The summed E-state index contributed by atoms with van der Waals surface area (Å²) in [6.45, 7) is 8.49. The Bertz CT molecular complexity index is 421. The number of hydrogen-bond donors (Lipinski definition) is 0. The van der Waals surface area contributed by atoms with Gasteiger partial charge in [-0.3, -0.25) is 0 Å². The first-order valence-corrected chi connectivity index (χ1v) is 6.05. The van der Waals surface area contributed by atoms with Gasteiger partial charge in [-0.15, -0.1) is 0 Å².